The SMILES string of the molecule is C=CCCCC(CCCC=C)C(=O)O. The summed E-state index contributed by atoms with van der Waals surface area (Å²) < 4.78 is 0. The van der Waals surface area contributed by atoms with Crippen molar-refractivity contribution < 1.29 is 9.90 Å². The van der Waals surface area contributed by atoms with Crippen LogP contribution in [0.2, 0.25) is 0 Å². The van der Waals surface area contributed by atoms with Crippen molar-refractivity contribution in [2.24, 2.45) is 5.92 Å². The number of allylic oxidation sites excluding steroid dienone is 2. The first kappa shape index (κ1) is 12.9. The molecule has 2 nitrogen and oxygen atoms in total. The molecule has 0 amide bonds. The van der Waals surface area contributed by atoms with Gasteiger partial charge in [-0.2, -0.15) is 0 Å². The van der Waals surface area contributed by atoms with Gasteiger partial charge in [-0.3, -0.25) is 4.79 Å². The largest absolute Gasteiger partial charge is 0.481 e. The zero-order chi connectivity index (χ0) is 10.8. The molecule has 0 atom stereocenters. The Kier molecular flexibility index (Phi) is 7.90. The first-order chi connectivity index (χ1) is 6.72. The molecule has 0 aliphatic rings. The molecule has 0 saturated heterocycles. The molecule has 0 saturated carbocycles. The van der Waals surface area contributed by atoms with Crippen LogP contribution in [-0.2, 0) is 4.79 Å². The fourth-order valence-corrected chi connectivity index (χ4v) is 1.41. The van der Waals surface area contributed by atoms with Crippen LogP contribution < -0.4 is 0 Å². The summed E-state index contributed by atoms with van der Waals surface area (Å²) >= 11 is 0. The van der Waals surface area contributed by atoms with Crippen molar-refractivity contribution in [3.05, 3.63) is 25.3 Å². The van der Waals surface area contributed by atoms with E-state index < -0.39 is 5.97 Å². The van der Waals surface area contributed by atoms with Crippen molar-refractivity contribution in [1.82, 2.24) is 0 Å². The molecule has 0 spiro atoms. The number of aliphatic carboxylic acids is 1. The van der Waals surface area contributed by atoms with Crippen LogP contribution in [0.15, 0.2) is 25.3 Å². The number of carboxylic acid groups (broad SMARTS) is 1. The van der Waals surface area contributed by atoms with Crippen LogP contribution in [0, 0.1) is 5.92 Å². The second-order valence-corrected chi connectivity index (χ2v) is 3.47. The molecule has 0 heterocycles. The number of hydrogen-bond donors (Lipinski definition) is 1. The Morgan fingerprint density at radius 3 is 1.86 bits per heavy atom. The number of carboxylic acids is 1. The standard InChI is InChI=1S/C12H20O2/c1-3-5-7-9-11(12(13)14)10-8-6-4-2/h3-4,11H,1-2,5-10H2,(H,13,14). The molecule has 80 valence electrons. The van der Waals surface area contributed by atoms with Gasteiger partial charge < -0.3 is 5.11 Å². The summed E-state index contributed by atoms with van der Waals surface area (Å²) in [4.78, 5) is 10.8. The lowest BCUT2D eigenvalue weighted by Crippen LogP contribution is -2.13. The molecule has 14 heavy (non-hydrogen) atoms. The molecule has 0 aromatic heterocycles. The highest BCUT2D eigenvalue weighted by Crippen LogP contribution is 2.16. The number of carbonyl (C=O) groups is 1. The van der Waals surface area contributed by atoms with Crippen LogP contribution in [-0.4, -0.2) is 11.1 Å². The molecule has 0 radical (unpaired) electrons. The van der Waals surface area contributed by atoms with Crippen LogP contribution in [0.25, 0.3) is 0 Å². The Morgan fingerprint density at radius 1 is 1.14 bits per heavy atom. The van der Waals surface area contributed by atoms with E-state index in [1.165, 1.54) is 0 Å². The van der Waals surface area contributed by atoms with Crippen molar-refractivity contribution in [2.45, 2.75) is 38.5 Å². The average molecular weight is 196 g/mol. The van der Waals surface area contributed by atoms with E-state index in [0.717, 1.165) is 38.5 Å². The Balaban J connectivity index is 3.71. The predicted molar refractivity (Wildman–Crippen MR) is 59.2 cm³/mol. The van der Waals surface area contributed by atoms with Gasteiger partial charge in [0, 0.05) is 0 Å². The van der Waals surface area contributed by atoms with E-state index in [9.17, 15) is 4.79 Å². The van der Waals surface area contributed by atoms with Crippen molar-refractivity contribution >= 4 is 5.97 Å². The molecule has 0 fully saturated rings. The molecule has 0 unspecified atom stereocenters. The Labute approximate surface area is 86.3 Å². The monoisotopic (exact) mass is 196 g/mol. The Hall–Kier alpha value is -1.05. The fraction of sp³-hybridized carbons (Fsp3) is 0.583. The van der Waals surface area contributed by atoms with Gasteiger partial charge in [0.15, 0.2) is 0 Å². The van der Waals surface area contributed by atoms with E-state index in [-0.39, 0.29) is 5.92 Å². The van der Waals surface area contributed by atoms with E-state index in [1.807, 2.05) is 12.2 Å². The minimum Gasteiger partial charge on any atom is -0.481 e. The first-order valence-electron chi connectivity index (χ1n) is 5.17. The van der Waals surface area contributed by atoms with Crippen LogP contribution in [0.1, 0.15) is 38.5 Å². The molecular formula is C12H20O2. The van der Waals surface area contributed by atoms with Gasteiger partial charge in [-0.15, -0.1) is 13.2 Å². The normalized spacial score (nSPS) is 10.1. The van der Waals surface area contributed by atoms with E-state index in [1.54, 1.807) is 0 Å². The van der Waals surface area contributed by atoms with Crippen molar-refractivity contribution in [3.8, 4) is 0 Å². The van der Waals surface area contributed by atoms with Crippen LogP contribution in [0.4, 0.5) is 0 Å². The molecule has 2 heteroatoms. The minimum atomic E-state index is -0.668. The van der Waals surface area contributed by atoms with Crippen molar-refractivity contribution in [1.29, 1.82) is 0 Å². The van der Waals surface area contributed by atoms with E-state index in [0.29, 0.717) is 0 Å². The summed E-state index contributed by atoms with van der Waals surface area (Å²) in [5.74, 6) is -0.854. The summed E-state index contributed by atoms with van der Waals surface area (Å²) in [6.07, 6.45) is 8.86. The summed E-state index contributed by atoms with van der Waals surface area (Å²) in [6.45, 7) is 7.23. The highest BCUT2D eigenvalue weighted by molar-refractivity contribution is 5.69. The van der Waals surface area contributed by atoms with Gasteiger partial charge in [0.05, 0.1) is 5.92 Å². The lowest BCUT2D eigenvalue weighted by molar-refractivity contribution is -0.142. The lowest BCUT2D eigenvalue weighted by Gasteiger charge is -2.10. The first-order valence-corrected chi connectivity index (χ1v) is 5.17. The quantitative estimate of drug-likeness (QED) is 0.453. The number of hydrogen-bond acceptors (Lipinski definition) is 1. The van der Waals surface area contributed by atoms with Gasteiger partial charge in [-0.05, 0) is 38.5 Å². The fourth-order valence-electron chi connectivity index (χ4n) is 1.41. The molecule has 1 N–H and O–H groups in total. The van der Waals surface area contributed by atoms with Crippen molar-refractivity contribution in [2.75, 3.05) is 0 Å². The van der Waals surface area contributed by atoms with Gasteiger partial charge in [0.2, 0.25) is 0 Å². The highest BCUT2D eigenvalue weighted by Gasteiger charge is 2.15. The number of rotatable bonds is 9. The third-order valence-electron chi connectivity index (χ3n) is 2.27. The summed E-state index contributed by atoms with van der Waals surface area (Å²) in [5.41, 5.74) is 0. The summed E-state index contributed by atoms with van der Waals surface area (Å²) in [5, 5.41) is 8.92. The van der Waals surface area contributed by atoms with Crippen LogP contribution in [0.3, 0.4) is 0 Å². The Bertz CT molecular complexity index is 171. The highest BCUT2D eigenvalue weighted by atomic mass is 16.4. The summed E-state index contributed by atoms with van der Waals surface area (Å²) in [7, 11) is 0. The molecule has 0 aromatic carbocycles. The van der Waals surface area contributed by atoms with Gasteiger partial charge >= 0.3 is 5.97 Å². The number of unbranched alkanes of at least 4 members (excludes halogenated alkanes) is 2. The average Bonchev–Trinajstić information content (AvgIpc) is 2.15. The molecule has 0 bridgehead atoms. The maximum absolute atomic E-state index is 10.8. The molecule has 0 aliphatic heterocycles. The van der Waals surface area contributed by atoms with Crippen LogP contribution in [0.5, 0.6) is 0 Å². The maximum Gasteiger partial charge on any atom is 0.306 e. The van der Waals surface area contributed by atoms with Gasteiger partial charge in [0.1, 0.15) is 0 Å². The predicted octanol–water partition coefficient (Wildman–Crippen LogP) is 3.40. The molecule has 0 aromatic rings. The van der Waals surface area contributed by atoms with E-state index >= 15 is 0 Å². The van der Waals surface area contributed by atoms with Crippen molar-refractivity contribution in [3.63, 3.8) is 0 Å². The zero-order valence-corrected chi connectivity index (χ0v) is 8.74. The molecule has 0 rings (SSSR count). The van der Waals surface area contributed by atoms with E-state index in [2.05, 4.69) is 13.2 Å². The van der Waals surface area contributed by atoms with E-state index in [4.69, 9.17) is 5.11 Å². The smallest absolute Gasteiger partial charge is 0.306 e. The third-order valence-corrected chi connectivity index (χ3v) is 2.27. The van der Waals surface area contributed by atoms with Gasteiger partial charge in [0.25, 0.3) is 0 Å². The molecular weight excluding hydrogens is 176 g/mol. The Morgan fingerprint density at radius 2 is 1.57 bits per heavy atom. The summed E-state index contributed by atoms with van der Waals surface area (Å²) in [6, 6.07) is 0. The van der Waals surface area contributed by atoms with Crippen LogP contribution >= 0.6 is 0 Å². The third kappa shape index (κ3) is 6.46. The minimum absolute atomic E-state index is 0.185. The lowest BCUT2D eigenvalue weighted by atomic mass is 9.96. The second-order valence-electron chi connectivity index (χ2n) is 3.47. The zero-order valence-electron chi connectivity index (χ0n) is 8.74. The topological polar surface area (TPSA) is 37.3 Å². The van der Waals surface area contributed by atoms with Gasteiger partial charge in [-0.1, -0.05) is 12.2 Å². The van der Waals surface area contributed by atoms with Gasteiger partial charge in [-0.25, -0.2) is 0 Å². The molecule has 0 aliphatic carbocycles. The second kappa shape index (κ2) is 8.54. The maximum atomic E-state index is 10.8.